The first-order valence-corrected chi connectivity index (χ1v) is 26.7. The van der Waals surface area contributed by atoms with Crippen LogP contribution in [0.15, 0.2) is 48.6 Å². The van der Waals surface area contributed by atoms with Gasteiger partial charge in [0.2, 0.25) is 0 Å². The Morgan fingerprint density at radius 3 is 1.44 bits per heavy atom. The van der Waals surface area contributed by atoms with Crippen molar-refractivity contribution in [2.75, 3.05) is 26.4 Å². The van der Waals surface area contributed by atoms with Crippen LogP contribution in [-0.2, 0) is 23.7 Å². The summed E-state index contributed by atoms with van der Waals surface area (Å²) < 4.78 is 22.9. The number of allylic oxidation sites excluding steroid dienone is 8. The predicted molar refractivity (Wildman–Crippen MR) is 265 cm³/mol. The minimum Gasteiger partial charge on any atom is -0.457 e. The zero-order valence-electron chi connectivity index (χ0n) is 41.3. The van der Waals surface area contributed by atoms with Gasteiger partial charge in [0.05, 0.1) is 19.8 Å². The predicted octanol–water partition coefficient (Wildman–Crippen LogP) is 13.3. The molecule has 4 N–H and O–H groups in total. The molecule has 1 rings (SSSR count). The topological polar surface area (TPSA) is 135 Å². The van der Waals surface area contributed by atoms with Crippen LogP contribution in [0.3, 0.4) is 0 Å². The molecular weight excluding hydrogens is 805 g/mol. The molecule has 64 heavy (non-hydrogen) atoms. The molecule has 0 saturated carbocycles. The third kappa shape index (κ3) is 36.3. The Balaban J connectivity index is 2.15. The second kappa shape index (κ2) is 46.3. The van der Waals surface area contributed by atoms with E-state index in [4.69, 9.17) is 18.9 Å². The van der Waals surface area contributed by atoms with Gasteiger partial charge in [0.25, 0.3) is 0 Å². The van der Waals surface area contributed by atoms with E-state index < -0.39 is 43.4 Å². The average Bonchev–Trinajstić information content (AvgIpc) is 3.30. The van der Waals surface area contributed by atoms with Crippen molar-refractivity contribution >= 4 is 5.97 Å². The number of hydrogen-bond donors (Lipinski definition) is 4. The quantitative estimate of drug-likeness (QED) is 0.0267. The maximum absolute atomic E-state index is 12.8. The monoisotopic (exact) mass is 905 g/mol. The molecule has 0 amide bonds. The Kier molecular flexibility index (Phi) is 43.5. The van der Waals surface area contributed by atoms with E-state index in [0.29, 0.717) is 13.0 Å². The van der Waals surface area contributed by atoms with Gasteiger partial charge in [-0.1, -0.05) is 223 Å². The highest BCUT2D eigenvalue weighted by Crippen LogP contribution is 2.23. The molecule has 6 unspecified atom stereocenters. The van der Waals surface area contributed by atoms with Crippen molar-refractivity contribution in [3.8, 4) is 0 Å². The number of aliphatic hydroxyl groups excluding tert-OH is 4. The first-order chi connectivity index (χ1) is 31.4. The summed E-state index contributed by atoms with van der Waals surface area (Å²) >= 11 is 0. The number of unbranched alkanes of at least 4 members (excludes halogenated alkanes) is 27. The van der Waals surface area contributed by atoms with Crippen LogP contribution < -0.4 is 0 Å². The molecule has 0 aliphatic carbocycles. The van der Waals surface area contributed by atoms with Crippen molar-refractivity contribution in [2.45, 2.75) is 269 Å². The van der Waals surface area contributed by atoms with Gasteiger partial charge in [-0.15, -0.1) is 0 Å². The van der Waals surface area contributed by atoms with E-state index in [1.165, 1.54) is 154 Å². The molecule has 0 aromatic rings. The molecule has 0 radical (unpaired) electrons. The summed E-state index contributed by atoms with van der Waals surface area (Å²) in [5.41, 5.74) is 0. The summed E-state index contributed by atoms with van der Waals surface area (Å²) in [6.07, 6.45) is 51.5. The zero-order chi connectivity index (χ0) is 46.4. The summed E-state index contributed by atoms with van der Waals surface area (Å²) in [4.78, 5) is 12.8. The maximum atomic E-state index is 12.8. The van der Waals surface area contributed by atoms with Crippen molar-refractivity contribution in [2.24, 2.45) is 0 Å². The second-order valence-electron chi connectivity index (χ2n) is 18.3. The minimum absolute atomic E-state index is 0.111. The Bertz CT molecular complexity index is 1120. The van der Waals surface area contributed by atoms with Gasteiger partial charge in [-0.3, -0.25) is 4.79 Å². The normalized spacial score (nSPS) is 19.9. The fraction of sp³-hybridized carbons (Fsp3) is 0.836. The Morgan fingerprint density at radius 1 is 0.516 bits per heavy atom. The molecule has 9 nitrogen and oxygen atoms in total. The number of ether oxygens (including phenoxy) is 4. The standard InChI is InChI=1S/C55H100O9/c1-3-5-7-9-11-13-15-17-19-20-21-22-23-24-25-26-27-28-29-31-33-35-37-39-41-43-45-61-47-49(48-62-55-54(60)53(59)52(58)50(46-56)64-55)63-51(57)44-42-40-38-36-34-32-30-18-16-14-12-10-8-6-4-2/h5,7,11,13,17,19,21-22,49-50,52-56,58-60H,3-4,6,8-10,12,14-16,18,20,23-48H2,1-2H3/b7-5-,13-11-,19-17-,22-21-. The molecule has 1 fully saturated rings. The summed E-state index contributed by atoms with van der Waals surface area (Å²) in [6, 6.07) is 0. The molecule has 6 atom stereocenters. The molecule has 1 heterocycles. The molecule has 0 bridgehead atoms. The SMILES string of the molecule is CC/C=C\C/C=C\C/C=C\C/C=C\CCCCCCCCCCCCCCCOCC(COC1OC(CO)C(O)C(O)C1O)OC(=O)CCCCCCCCCCCCCCCCC. The summed E-state index contributed by atoms with van der Waals surface area (Å²) in [5.74, 6) is -0.311. The van der Waals surface area contributed by atoms with Crippen LogP contribution in [-0.4, -0.2) is 89.6 Å². The number of aliphatic hydroxyl groups is 4. The van der Waals surface area contributed by atoms with Crippen molar-refractivity contribution in [3.05, 3.63) is 48.6 Å². The summed E-state index contributed by atoms with van der Waals surface area (Å²) in [7, 11) is 0. The van der Waals surface area contributed by atoms with Crippen LogP contribution in [0.5, 0.6) is 0 Å². The van der Waals surface area contributed by atoms with Gasteiger partial charge in [0, 0.05) is 13.0 Å². The summed E-state index contributed by atoms with van der Waals surface area (Å²) in [6.45, 7) is 4.48. The lowest BCUT2D eigenvalue weighted by Gasteiger charge is -2.39. The van der Waals surface area contributed by atoms with Gasteiger partial charge in [0.1, 0.15) is 30.5 Å². The Hall–Kier alpha value is -1.85. The van der Waals surface area contributed by atoms with E-state index >= 15 is 0 Å². The lowest BCUT2D eigenvalue weighted by atomic mass is 9.99. The van der Waals surface area contributed by atoms with Gasteiger partial charge in [0.15, 0.2) is 6.29 Å². The van der Waals surface area contributed by atoms with Crippen molar-refractivity contribution < 1.29 is 44.2 Å². The molecule has 1 aliphatic rings. The highest BCUT2D eigenvalue weighted by atomic mass is 16.7. The van der Waals surface area contributed by atoms with Crippen molar-refractivity contribution in [1.29, 1.82) is 0 Å². The van der Waals surface area contributed by atoms with Crippen LogP contribution >= 0.6 is 0 Å². The van der Waals surface area contributed by atoms with Crippen LogP contribution in [0.25, 0.3) is 0 Å². The van der Waals surface area contributed by atoms with E-state index in [-0.39, 0.29) is 19.2 Å². The number of hydrogen-bond acceptors (Lipinski definition) is 9. The van der Waals surface area contributed by atoms with E-state index in [1.807, 2.05) is 0 Å². The van der Waals surface area contributed by atoms with Gasteiger partial charge in [-0.05, 0) is 51.4 Å². The molecule has 0 aromatic carbocycles. The van der Waals surface area contributed by atoms with Crippen molar-refractivity contribution in [1.82, 2.24) is 0 Å². The van der Waals surface area contributed by atoms with Crippen LogP contribution in [0.2, 0.25) is 0 Å². The highest BCUT2D eigenvalue weighted by Gasteiger charge is 2.44. The Morgan fingerprint density at radius 2 is 0.953 bits per heavy atom. The smallest absolute Gasteiger partial charge is 0.306 e. The van der Waals surface area contributed by atoms with Crippen molar-refractivity contribution in [3.63, 3.8) is 0 Å². The first kappa shape index (κ1) is 60.2. The van der Waals surface area contributed by atoms with E-state index in [9.17, 15) is 25.2 Å². The lowest BCUT2D eigenvalue weighted by Crippen LogP contribution is -2.59. The molecule has 1 aliphatic heterocycles. The van der Waals surface area contributed by atoms with Crippen LogP contribution in [0.4, 0.5) is 0 Å². The fourth-order valence-electron chi connectivity index (χ4n) is 8.13. The maximum Gasteiger partial charge on any atom is 0.306 e. The van der Waals surface area contributed by atoms with Gasteiger partial charge in [-0.2, -0.15) is 0 Å². The number of carbonyl (C=O) groups is 1. The molecule has 1 saturated heterocycles. The molecule has 0 spiro atoms. The lowest BCUT2D eigenvalue weighted by molar-refractivity contribution is -0.305. The van der Waals surface area contributed by atoms with Crippen LogP contribution in [0, 0.1) is 0 Å². The molecular formula is C55H100O9. The van der Waals surface area contributed by atoms with E-state index in [0.717, 1.165) is 57.8 Å². The number of carbonyl (C=O) groups excluding carboxylic acids is 1. The van der Waals surface area contributed by atoms with Gasteiger partial charge >= 0.3 is 5.97 Å². The Labute approximate surface area is 392 Å². The van der Waals surface area contributed by atoms with E-state index in [2.05, 4.69) is 62.5 Å². The van der Waals surface area contributed by atoms with Gasteiger partial charge < -0.3 is 39.4 Å². The first-order valence-electron chi connectivity index (χ1n) is 26.7. The fourth-order valence-corrected chi connectivity index (χ4v) is 8.13. The largest absolute Gasteiger partial charge is 0.457 e. The van der Waals surface area contributed by atoms with Crippen LogP contribution in [0.1, 0.15) is 232 Å². The van der Waals surface area contributed by atoms with E-state index in [1.54, 1.807) is 0 Å². The zero-order valence-corrected chi connectivity index (χ0v) is 41.3. The average molecular weight is 905 g/mol. The number of esters is 1. The minimum atomic E-state index is -1.54. The summed E-state index contributed by atoms with van der Waals surface area (Å²) in [5, 5.41) is 40.3. The molecule has 374 valence electrons. The van der Waals surface area contributed by atoms with Gasteiger partial charge in [-0.25, -0.2) is 0 Å². The second-order valence-corrected chi connectivity index (χ2v) is 18.3. The molecule has 9 heteroatoms. The molecule has 0 aromatic heterocycles. The third-order valence-corrected chi connectivity index (χ3v) is 12.3. The third-order valence-electron chi connectivity index (χ3n) is 12.3. The number of rotatable bonds is 46. The highest BCUT2D eigenvalue weighted by molar-refractivity contribution is 5.69.